The summed E-state index contributed by atoms with van der Waals surface area (Å²) < 4.78 is 41.3. The van der Waals surface area contributed by atoms with E-state index in [2.05, 4.69) is 10.1 Å². The standard InChI is InChI=1S/C10H19F3N2O2/c1-3-17-9(16)4-6-15(7-5-14-2)8-10(11,12)13/h14H,3-8H2,1-2H3. The van der Waals surface area contributed by atoms with Gasteiger partial charge in [-0.05, 0) is 14.0 Å². The van der Waals surface area contributed by atoms with Crippen LogP contribution in [0.1, 0.15) is 13.3 Å². The van der Waals surface area contributed by atoms with Crippen LogP contribution in [0.4, 0.5) is 13.2 Å². The molecule has 1 N–H and O–H groups in total. The van der Waals surface area contributed by atoms with Crippen molar-refractivity contribution in [1.82, 2.24) is 10.2 Å². The number of nitrogens with one attached hydrogen (secondary N) is 1. The molecule has 0 aliphatic heterocycles. The number of ether oxygens (including phenoxy) is 1. The van der Waals surface area contributed by atoms with Crippen molar-refractivity contribution >= 4 is 5.97 Å². The maximum absolute atomic E-state index is 12.2. The van der Waals surface area contributed by atoms with Gasteiger partial charge in [-0.2, -0.15) is 13.2 Å². The zero-order chi connectivity index (χ0) is 13.3. The van der Waals surface area contributed by atoms with E-state index >= 15 is 0 Å². The minimum Gasteiger partial charge on any atom is -0.466 e. The number of likely N-dealkylation sites (N-methyl/N-ethyl adjacent to an activating group) is 1. The Morgan fingerprint density at radius 1 is 1.35 bits per heavy atom. The highest BCUT2D eigenvalue weighted by molar-refractivity contribution is 5.69. The summed E-state index contributed by atoms with van der Waals surface area (Å²) in [4.78, 5) is 12.2. The molecule has 0 unspecified atom stereocenters. The molecule has 0 heterocycles. The van der Waals surface area contributed by atoms with Gasteiger partial charge in [-0.25, -0.2) is 0 Å². The quantitative estimate of drug-likeness (QED) is 0.658. The highest BCUT2D eigenvalue weighted by Gasteiger charge is 2.30. The molecule has 0 amide bonds. The SMILES string of the molecule is CCOC(=O)CCN(CCNC)CC(F)(F)F. The molecule has 0 radical (unpaired) electrons. The van der Waals surface area contributed by atoms with Crippen LogP contribution < -0.4 is 5.32 Å². The summed E-state index contributed by atoms with van der Waals surface area (Å²) in [6, 6.07) is 0. The molecule has 0 spiro atoms. The zero-order valence-corrected chi connectivity index (χ0v) is 10.1. The number of halogens is 3. The highest BCUT2D eigenvalue weighted by atomic mass is 19.4. The Labute approximate surface area is 99.1 Å². The molecule has 0 aromatic rings. The molecule has 0 atom stereocenters. The molecular weight excluding hydrogens is 237 g/mol. The van der Waals surface area contributed by atoms with E-state index in [9.17, 15) is 18.0 Å². The molecule has 4 nitrogen and oxygen atoms in total. The van der Waals surface area contributed by atoms with Gasteiger partial charge >= 0.3 is 12.1 Å². The van der Waals surface area contributed by atoms with Crippen LogP contribution in [-0.4, -0.2) is 56.9 Å². The first-order valence-electron chi connectivity index (χ1n) is 5.48. The molecule has 102 valence electrons. The Hall–Kier alpha value is -0.820. The van der Waals surface area contributed by atoms with Gasteiger partial charge in [0.15, 0.2) is 0 Å². The number of hydrogen-bond donors (Lipinski definition) is 1. The second-order valence-electron chi connectivity index (χ2n) is 3.55. The largest absolute Gasteiger partial charge is 0.466 e. The van der Waals surface area contributed by atoms with E-state index in [0.717, 1.165) is 0 Å². The van der Waals surface area contributed by atoms with E-state index in [1.165, 1.54) is 4.90 Å². The molecule has 0 aromatic carbocycles. The van der Waals surface area contributed by atoms with Gasteiger partial charge < -0.3 is 10.1 Å². The molecule has 0 saturated heterocycles. The number of esters is 1. The number of rotatable bonds is 8. The van der Waals surface area contributed by atoms with Crippen molar-refractivity contribution in [3.8, 4) is 0 Å². The van der Waals surface area contributed by atoms with E-state index < -0.39 is 18.7 Å². The Bertz CT molecular complexity index is 222. The van der Waals surface area contributed by atoms with Crippen molar-refractivity contribution in [3.05, 3.63) is 0 Å². The zero-order valence-electron chi connectivity index (χ0n) is 10.1. The fourth-order valence-corrected chi connectivity index (χ4v) is 1.28. The van der Waals surface area contributed by atoms with Gasteiger partial charge in [0.1, 0.15) is 0 Å². The van der Waals surface area contributed by atoms with Crippen molar-refractivity contribution in [2.75, 3.05) is 39.8 Å². The van der Waals surface area contributed by atoms with E-state index in [1.807, 2.05) is 0 Å². The molecule has 0 bridgehead atoms. The summed E-state index contributed by atoms with van der Waals surface area (Å²) in [6.45, 7) is 1.64. The maximum atomic E-state index is 12.2. The topological polar surface area (TPSA) is 41.6 Å². The van der Waals surface area contributed by atoms with Crippen LogP contribution in [0.5, 0.6) is 0 Å². The number of carbonyl (C=O) groups is 1. The van der Waals surface area contributed by atoms with E-state index in [1.54, 1.807) is 14.0 Å². The second kappa shape index (κ2) is 8.30. The number of nitrogens with zero attached hydrogens (tertiary/aromatic N) is 1. The van der Waals surface area contributed by atoms with Crippen LogP contribution in [0.25, 0.3) is 0 Å². The average Bonchev–Trinajstić information content (AvgIpc) is 2.21. The first kappa shape index (κ1) is 16.2. The van der Waals surface area contributed by atoms with Crippen molar-refractivity contribution in [2.45, 2.75) is 19.5 Å². The minimum absolute atomic E-state index is 0.0202. The Morgan fingerprint density at radius 2 is 2.00 bits per heavy atom. The molecule has 0 aliphatic carbocycles. The van der Waals surface area contributed by atoms with Crippen LogP contribution in [-0.2, 0) is 9.53 Å². The van der Waals surface area contributed by atoms with Crippen LogP contribution in [0.2, 0.25) is 0 Å². The highest BCUT2D eigenvalue weighted by Crippen LogP contribution is 2.16. The molecular formula is C10H19F3N2O2. The van der Waals surface area contributed by atoms with Crippen LogP contribution in [0.15, 0.2) is 0 Å². The van der Waals surface area contributed by atoms with Crippen LogP contribution >= 0.6 is 0 Å². The van der Waals surface area contributed by atoms with Gasteiger partial charge in [0.25, 0.3) is 0 Å². The molecule has 0 rings (SSSR count). The van der Waals surface area contributed by atoms with Gasteiger partial charge in [0.2, 0.25) is 0 Å². The van der Waals surface area contributed by atoms with Crippen molar-refractivity contribution < 1.29 is 22.7 Å². The van der Waals surface area contributed by atoms with Crippen LogP contribution in [0, 0.1) is 0 Å². The lowest BCUT2D eigenvalue weighted by molar-refractivity contribution is -0.151. The summed E-state index contributed by atoms with van der Waals surface area (Å²) in [5.41, 5.74) is 0. The van der Waals surface area contributed by atoms with E-state index in [-0.39, 0.29) is 26.1 Å². The van der Waals surface area contributed by atoms with Crippen molar-refractivity contribution in [3.63, 3.8) is 0 Å². The van der Waals surface area contributed by atoms with Gasteiger partial charge in [-0.1, -0.05) is 0 Å². The molecule has 0 saturated carbocycles. The monoisotopic (exact) mass is 256 g/mol. The molecule has 0 fully saturated rings. The molecule has 17 heavy (non-hydrogen) atoms. The smallest absolute Gasteiger partial charge is 0.401 e. The minimum atomic E-state index is -4.25. The fraction of sp³-hybridized carbons (Fsp3) is 0.900. The van der Waals surface area contributed by atoms with Crippen molar-refractivity contribution in [2.24, 2.45) is 0 Å². The fourth-order valence-electron chi connectivity index (χ4n) is 1.28. The third kappa shape index (κ3) is 10.1. The number of hydrogen-bond acceptors (Lipinski definition) is 4. The van der Waals surface area contributed by atoms with Gasteiger partial charge in [-0.15, -0.1) is 0 Å². The lowest BCUT2D eigenvalue weighted by Gasteiger charge is -2.22. The van der Waals surface area contributed by atoms with E-state index in [0.29, 0.717) is 6.54 Å². The Morgan fingerprint density at radius 3 is 2.47 bits per heavy atom. The molecule has 0 aliphatic rings. The Kier molecular flexibility index (Phi) is 7.90. The third-order valence-corrected chi connectivity index (χ3v) is 2.02. The Balaban J connectivity index is 4.05. The number of carbonyl (C=O) groups excluding carboxylic acids is 1. The van der Waals surface area contributed by atoms with E-state index in [4.69, 9.17) is 0 Å². The summed E-state index contributed by atoms with van der Waals surface area (Å²) in [5, 5.41) is 2.77. The molecule has 7 heteroatoms. The second-order valence-corrected chi connectivity index (χ2v) is 3.55. The van der Waals surface area contributed by atoms with Gasteiger partial charge in [-0.3, -0.25) is 9.69 Å². The molecule has 0 aromatic heterocycles. The first-order chi connectivity index (χ1) is 7.89. The summed E-state index contributed by atoms with van der Waals surface area (Å²) >= 11 is 0. The maximum Gasteiger partial charge on any atom is 0.401 e. The predicted octanol–water partition coefficient (Wildman–Crippen LogP) is 1.02. The lowest BCUT2D eigenvalue weighted by atomic mass is 10.3. The summed E-state index contributed by atoms with van der Waals surface area (Å²) in [6.07, 6.45) is -4.27. The van der Waals surface area contributed by atoms with Crippen LogP contribution in [0.3, 0.4) is 0 Å². The van der Waals surface area contributed by atoms with Gasteiger partial charge in [0, 0.05) is 19.6 Å². The van der Waals surface area contributed by atoms with Crippen molar-refractivity contribution in [1.29, 1.82) is 0 Å². The normalized spacial score (nSPS) is 11.9. The average molecular weight is 256 g/mol. The van der Waals surface area contributed by atoms with Gasteiger partial charge in [0.05, 0.1) is 19.6 Å². The lowest BCUT2D eigenvalue weighted by Crippen LogP contribution is -2.39. The first-order valence-corrected chi connectivity index (χ1v) is 5.48. The summed E-state index contributed by atoms with van der Waals surface area (Å²) in [5.74, 6) is -0.468. The predicted molar refractivity (Wildman–Crippen MR) is 57.7 cm³/mol. The summed E-state index contributed by atoms with van der Waals surface area (Å²) in [7, 11) is 1.66. The third-order valence-electron chi connectivity index (χ3n) is 2.02. The number of alkyl halides is 3.